The average molecular weight is 751 g/mol. The molecule has 262 valence electrons. The van der Waals surface area contributed by atoms with Crippen molar-refractivity contribution >= 4 is 112 Å². The molecule has 0 N–H and O–H groups in total. The van der Waals surface area contributed by atoms with Crippen LogP contribution in [-0.4, -0.2) is 15.8 Å². The second-order valence-electron chi connectivity index (χ2n) is 15.4. The first-order valence-corrected chi connectivity index (χ1v) is 20.8. The monoisotopic (exact) mass is 750 g/mol. The lowest BCUT2D eigenvalue weighted by atomic mass is 9.36. The maximum atomic E-state index is 7.04. The Kier molecular flexibility index (Phi) is 6.26. The van der Waals surface area contributed by atoms with Crippen LogP contribution < -0.4 is 16.4 Å². The summed E-state index contributed by atoms with van der Waals surface area (Å²) in [7, 11) is 0. The molecule has 3 aromatic heterocycles. The van der Waals surface area contributed by atoms with E-state index in [9.17, 15) is 0 Å². The van der Waals surface area contributed by atoms with Crippen molar-refractivity contribution in [1.82, 2.24) is 9.13 Å². The Hall–Kier alpha value is -6.08. The molecule has 0 atom stereocenters. The van der Waals surface area contributed by atoms with Crippen molar-refractivity contribution < 1.29 is 4.42 Å². The largest absolute Gasteiger partial charge is 0.455 e. The lowest BCUT2D eigenvalue weighted by Gasteiger charge is -2.33. The number of hydrogen-bond donors (Lipinski definition) is 0. The Morgan fingerprint density at radius 1 is 0.464 bits per heavy atom. The molecular weight excluding hydrogens is 720 g/mol. The van der Waals surface area contributed by atoms with Gasteiger partial charge in [0.25, 0.3) is 0 Å². The molecule has 0 radical (unpaired) electrons. The summed E-state index contributed by atoms with van der Waals surface area (Å²) < 4.78 is 12.0. The first-order chi connectivity index (χ1) is 27.6. The second-order valence-corrected chi connectivity index (χ2v) is 17.5. The molecule has 3 nitrogen and oxygen atoms in total. The Bertz CT molecular complexity index is 3440. The van der Waals surface area contributed by atoms with E-state index in [1.807, 2.05) is 23.5 Å². The van der Waals surface area contributed by atoms with Gasteiger partial charge < -0.3 is 13.6 Å². The fourth-order valence-electron chi connectivity index (χ4n) is 9.85. The molecule has 0 spiro atoms. The van der Waals surface area contributed by atoms with Crippen molar-refractivity contribution in [3.05, 3.63) is 163 Å². The van der Waals surface area contributed by atoms with Crippen LogP contribution in [-0.2, 0) is 0 Å². The lowest BCUT2D eigenvalue weighted by Crippen LogP contribution is -2.58. The number of para-hydroxylation sites is 4. The highest BCUT2D eigenvalue weighted by Gasteiger charge is 2.39. The molecule has 2 aliphatic heterocycles. The van der Waals surface area contributed by atoms with Crippen LogP contribution in [0.25, 0.3) is 76.9 Å². The predicted octanol–water partition coefficient (Wildman–Crippen LogP) is 11.8. The molecule has 13 rings (SSSR count). The van der Waals surface area contributed by atoms with E-state index in [-0.39, 0.29) is 6.71 Å². The van der Waals surface area contributed by atoms with E-state index < -0.39 is 0 Å². The highest BCUT2D eigenvalue weighted by molar-refractivity contribution is 8.01. The maximum Gasteiger partial charge on any atom is 0.247 e. The second kappa shape index (κ2) is 11.3. The van der Waals surface area contributed by atoms with Crippen LogP contribution in [0, 0.1) is 13.8 Å². The fourth-order valence-corrected chi connectivity index (χ4v) is 12.3. The smallest absolute Gasteiger partial charge is 0.247 e. The van der Waals surface area contributed by atoms with Gasteiger partial charge in [0.2, 0.25) is 6.71 Å². The summed E-state index contributed by atoms with van der Waals surface area (Å²) >= 11 is 3.85. The zero-order valence-electron chi connectivity index (χ0n) is 30.6. The molecule has 0 bridgehead atoms. The van der Waals surface area contributed by atoms with E-state index in [0.29, 0.717) is 0 Å². The van der Waals surface area contributed by atoms with Crippen molar-refractivity contribution in [2.75, 3.05) is 0 Å². The summed E-state index contributed by atoms with van der Waals surface area (Å²) in [6.07, 6.45) is 0. The normalized spacial score (nSPS) is 13.4. The molecule has 11 aromatic rings. The molecule has 56 heavy (non-hydrogen) atoms. The van der Waals surface area contributed by atoms with Crippen molar-refractivity contribution in [2.24, 2.45) is 0 Å². The van der Waals surface area contributed by atoms with Gasteiger partial charge in [-0.2, -0.15) is 0 Å². The van der Waals surface area contributed by atoms with Gasteiger partial charge >= 0.3 is 0 Å². The van der Waals surface area contributed by atoms with Gasteiger partial charge in [-0.15, -0.1) is 0 Å². The van der Waals surface area contributed by atoms with Crippen molar-refractivity contribution in [3.63, 3.8) is 0 Å². The minimum atomic E-state index is 0.199. The van der Waals surface area contributed by atoms with E-state index in [2.05, 4.69) is 175 Å². The third kappa shape index (κ3) is 4.07. The minimum absolute atomic E-state index is 0.199. The number of aromatic nitrogens is 2. The minimum Gasteiger partial charge on any atom is -0.455 e. The summed E-state index contributed by atoms with van der Waals surface area (Å²) in [6.45, 7) is 4.64. The first-order valence-electron chi connectivity index (χ1n) is 19.2. The van der Waals surface area contributed by atoms with Gasteiger partial charge in [0.05, 0.1) is 32.8 Å². The van der Waals surface area contributed by atoms with Crippen molar-refractivity contribution in [1.29, 1.82) is 0 Å². The number of furan rings is 1. The van der Waals surface area contributed by atoms with E-state index in [4.69, 9.17) is 4.42 Å². The van der Waals surface area contributed by atoms with Gasteiger partial charge in [-0.3, -0.25) is 0 Å². The third-order valence-corrected chi connectivity index (χ3v) is 14.4. The molecule has 8 aromatic carbocycles. The van der Waals surface area contributed by atoms with Crippen LogP contribution >= 0.6 is 23.5 Å². The number of rotatable bonds is 2. The van der Waals surface area contributed by atoms with Crippen LogP contribution in [0.15, 0.2) is 176 Å². The van der Waals surface area contributed by atoms with Gasteiger partial charge in [0.1, 0.15) is 11.2 Å². The van der Waals surface area contributed by atoms with E-state index in [1.165, 1.54) is 91.0 Å². The van der Waals surface area contributed by atoms with Gasteiger partial charge in [-0.25, -0.2) is 0 Å². The predicted molar refractivity (Wildman–Crippen MR) is 238 cm³/mol. The number of aryl methyl sites for hydroxylation is 2. The van der Waals surface area contributed by atoms with Gasteiger partial charge in [-0.05, 0) is 73.9 Å². The summed E-state index contributed by atoms with van der Waals surface area (Å²) in [4.78, 5) is 5.35. The third-order valence-electron chi connectivity index (χ3n) is 12.1. The molecule has 0 amide bonds. The molecule has 5 heterocycles. The van der Waals surface area contributed by atoms with Gasteiger partial charge in [0.15, 0.2) is 0 Å². The molecule has 0 unspecified atom stereocenters. The van der Waals surface area contributed by atoms with E-state index in [1.54, 1.807) is 0 Å². The SMILES string of the molecule is Cc1ccc2c(c1)B1c3cc(C)ccc3Sc3cc(-n4c5ccccc5c5c6c(c7ccccc7n6-c6ccccc6)c6oc7ccccc7c6c54)cc(c31)S2. The van der Waals surface area contributed by atoms with Crippen LogP contribution in [0.1, 0.15) is 11.1 Å². The summed E-state index contributed by atoms with van der Waals surface area (Å²) in [5.74, 6) is 0. The average Bonchev–Trinajstić information content (AvgIpc) is 3.89. The van der Waals surface area contributed by atoms with Crippen LogP contribution in [0.5, 0.6) is 0 Å². The molecule has 0 saturated carbocycles. The molecule has 6 heteroatoms. The Balaban J connectivity index is 1.22. The Labute approximate surface area is 331 Å². The van der Waals surface area contributed by atoms with E-state index >= 15 is 0 Å². The van der Waals surface area contributed by atoms with Crippen molar-refractivity contribution in [3.8, 4) is 11.4 Å². The highest BCUT2D eigenvalue weighted by atomic mass is 32.2. The van der Waals surface area contributed by atoms with Crippen LogP contribution in [0.4, 0.5) is 0 Å². The number of benzene rings is 8. The molecule has 0 fully saturated rings. The molecule has 0 saturated heterocycles. The maximum absolute atomic E-state index is 7.04. The van der Waals surface area contributed by atoms with Gasteiger partial charge in [0, 0.05) is 52.5 Å². The fraction of sp³-hybridized carbons (Fsp3) is 0.0400. The number of fused-ring (bicyclic) bond motifs is 16. The molecule has 2 aliphatic rings. The van der Waals surface area contributed by atoms with Crippen LogP contribution in [0.3, 0.4) is 0 Å². The molecular formula is C50H31BN2OS2. The van der Waals surface area contributed by atoms with Gasteiger partial charge in [-0.1, -0.05) is 143 Å². The Morgan fingerprint density at radius 3 is 1.62 bits per heavy atom. The number of nitrogens with zero attached hydrogens (tertiary/aromatic N) is 2. The number of hydrogen-bond acceptors (Lipinski definition) is 3. The van der Waals surface area contributed by atoms with Crippen LogP contribution in [0.2, 0.25) is 0 Å². The summed E-state index contributed by atoms with van der Waals surface area (Å²) in [6, 6.07) is 56.2. The first kappa shape index (κ1) is 31.2. The topological polar surface area (TPSA) is 23.0 Å². The van der Waals surface area contributed by atoms with E-state index in [0.717, 1.165) is 33.0 Å². The quantitative estimate of drug-likeness (QED) is 0.164. The highest BCUT2D eigenvalue weighted by Crippen LogP contribution is 2.50. The Morgan fingerprint density at radius 2 is 0.982 bits per heavy atom. The standard InChI is InChI=1S/C50H31BN2OS2/c1-28-20-22-40-35(24-28)51-36-25-29(2)21-23-41(36)56-43-27-31(26-42(55-40)47(43)51)53-37-17-9-6-14-32(37)44-48-45(50-46(49(44)53)34-16-8-11-19-39(34)54-50)33-15-7-10-18-38(33)52(48)30-12-4-3-5-13-30/h3-27H,1-2H3. The molecule has 0 aliphatic carbocycles. The van der Waals surface area contributed by atoms with Crippen molar-refractivity contribution in [2.45, 2.75) is 33.4 Å². The zero-order valence-corrected chi connectivity index (χ0v) is 32.3. The summed E-state index contributed by atoms with van der Waals surface area (Å²) in [5.41, 5.74) is 15.7. The lowest BCUT2D eigenvalue weighted by molar-refractivity contribution is 0.673. The summed E-state index contributed by atoms with van der Waals surface area (Å²) in [5, 5.41) is 7.09. The zero-order chi connectivity index (χ0) is 36.8.